The lowest BCUT2D eigenvalue weighted by Crippen LogP contribution is -2.38. The summed E-state index contributed by atoms with van der Waals surface area (Å²) in [7, 11) is 0. The molecule has 94 valence electrons. The molecule has 1 aromatic rings. The predicted octanol–water partition coefficient (Wildman–Crippen LogP) is 3.33. The molecule has 1 aromatic carbocycles. The van der Waals surface area contributed by atoms with Crippen molar-refractivity contribution < 1.29 is 0 Å². The minimum Gasteiger partial charge on any atom is -0.366 e. The molecule has 0 aromatic heterocycles. The zero-order valence-corrected chi connectivity index (χ0v) is 12.4. The molecule has 17 heavy (non-hydrogen) atoms. The van der Waals surface area contributed by atoms with Crippen LogP contribution in [0, 0.1) is 6.92 Å². The van der Waals surface area contributed by atoms with Crippen molar-refractivity contribution in [2.75, 3.05) is 18.0 Å². The normalized spacial score (nSPS) is 25.8. The molecule has 0 saturated carbocycles. The van der Waals surface area contributed by atoms with Gasteiger partial charge in [-0.25, -0.2) is 0 Å². The average molecular weight is 297 g/mol. The highest BCUT2D eigenvalue weighted by atomic mass is 79.9. The predicted molar refractivity (Wildman–Crippen MR) is 77.8 cm³/mol. The third kappa shape index (κ3) is 3.02. The second kappa shape index (κ2) is 5.40. The van der Waals surface area contributed by atoms with Crippen molar-refractivity contribution >= 4 is 21.6 Å². The molecule has 0 aliphatic carbocycles. The smallest absolute Gasteiger partial charge is 0.0513 e. The van der Waals surface area contributed by atoms with Crippen molar-refractivity contribution in [2.45, 2.75) is 39.3 Å². The Morgan fingerprint density at radius 3 is 2.82 bits per heavy atom. The minimum atomic E-state index is 0.549. The fourth-order valence-corrected chi connectivity index (χ4v) is 3.14. The number of hydrogen-bond donors (Lipinski definition) is 1. The van der Waals surface area contributed by atoms with Gasteiger partial charge in [-0.3, -0.25) is 0 Å². The van der Waals surface area contributed by atoms with Gasteiger partial charge in [0.1, 0.15) is 0 Å². The van der Waals surface area contributed by atoms with Crippen molar-refractivity contribution in [2.24, 2.45) is 0 Å². The van der Waals surface area contributed by atoms with Crippen LogP contribution in [0.4, 0.5) is 5.69 Å². The van der Waals surface area contributed by atoms with E-state index in [1.807, 2.05) is 0 Å². The van der Waals surface area contributed by atoms with Crippen LogP contribution in [-0.4, -0.2) is 25.2 Å². The summed E-state index contributed by atoms with van der Waals surface area (Å²) in [5.74, 6) is 0. The summed E-state index contributed by atoms with van der Waals surface area (Å²) in [6.07, 6.45) is 1.20. The molecule has 2 nitrogen and oxygen atoms in total. The Morgan fingerprint density at radius 2 is 2.12 bits per heavy atom. The van der Waals surface area contributed by atoms with E-state index in [4.69, 9.17) is 0 Å². The Hall–Kier alpha value is -0.540. The number of benzene rings is 1. The maximum absolute atomic E-state index is 3.69. The van der Waals surface area contributed by atoms with Crippen LogP contribution in [0.3, 0.4) is 0 Å². The molecule has 0 radical (unpaired) electrons. The first-order valence-electron chi connectivity index (χ1n) is 6.34. The maximum Gasteiger partial charge on any atom is 0.0513 e. The first-order chi connectivity index (χ1) is 8.08. The first-order valence-corrected chi connectivity index (χ1v) is 7.13. The molecule has 1 N–H and O–H groups in total. The van der Waals surface area contributed by atoms with Crippen LogP contribution >= 0.6 is 15.9 Å². The van der Waals surface area contributed by atoms with E-state index >= 15 is 0 Å². The summed E-state index contributed by atoms with van der Waals surface area (Å²) in [5, 5.41) is 3.55. The fourth-order valence-electron chi connectivity index (χ4n) is 2.41. The van der Waals surface area contributed by atoms with E-state index in [0.29, 0.717) is 12.1 Å². The molecule has 2 rings (SSSR count). The molecule has 2 atom stereocenters. The number of halogens is 1. The highest BCUT2D eigenvalue weighted by Crippen LogP contribution is 2.30. The zero-order valence-electron chi connectivity index (χ0n) is 10.8. The third-order valence-electron chi connectivity index (χ3n) is 3.47. The van der Waals surface area contributed by atoms with Crippen molar-refractivity contribution in [3.63, 3.8) is 0 Å². The molecule has 0 amide bonds. The number of nitrogens with zero attached hydrogens (tertiary/aromatic N) is 1. The van der Waals surface area contributed by atoms with Gasteiger partial charge >= 0.3 is 0 Å². The molecule has 1 aliphatic rings. The largest absolute Gasteiger partial charge is 0.366 e. The van der Waals surface area contributed by atoms with Crippen LogP contribution in [0.5, 0.6) is 0 Å². The van der Waals surface area contributed by atoms with Crippen LogP contribution in [0.15, 0.2) is 22.7 Å². The second-order valence-electron chi connectivity index (χ2n) is 5.10. The van der Waals surface area contributed by atoms with Gasteiger partial charge in [0.25, 0.3) is 0 Å². The standard InChI is InChI=1S/C14H21BrN2/c1-10-4-5-14(13(15)8-10)17-9-11(2)16-7-6-12(17)3/h4-5,8,11-12,16H,6-7,9H2,1-3H3. The molecule has 0 spiro atoms. The van der Waals surface area contributed by atoms with Crippen molar-refractivity contribution in [3.8, 4) is 0 Å². The number of hydrogen-bond acceptors (Lipinski definition) is 2. The molecule has 1 heterocycles. The van der Waals surface area contributed by atoms with Gasteiger partial charge in [-0.05, 0) is 67.4 Å². The topological polar surface area (TPSA) is 15.3 Å². The van der Waals surface area contributed by atoms with Crippen LogP contribution in [0.2, 0.25) is 0 Å². The molecule has 0 bridgehead atoms. The SMILES string of the molecule is Cc1ccc(N2CC(C)NCCC2C)c(Br)c1. The Bertz CT molecular complexity index is 392. The van der Waals surface area contributed by atoms with Crippen LogP contribution in [0.1, 0.15) is 25.8 Å². The van der Waals surface area contributed by atoms with Gasteiger partial charge in [0.2, 0.25) is 0 Å². The lowest BCUT2D eigenvalue weighted by molar-refractivity contribution is 0.584. The maximum atomic E-state index is 3.69. The van der Waals surface area contributed by atoms with Gasteiger partial charge in [-0.1, -0.05) is 6.07 Å². The summed E-state index contributed by atoms with van der Waals surface area (Å²) in [6.45, 7) is 8.88. The lowest BCUT2D eigenvalue weighted by Gasteiger charge is -2.31. The Balaban J connectivity index is 2.29. The summed E-state index contributed by atoms with van der Waals surface area (Å²) in [4.78, 5) is 2.51. The van der Waals surface area contributed by atoms with Gasteiger partial charge < -0.3 is 10.2 Å². The van der Waals surface area contributed by atoms with Crippen LogP contribution < -0.4 is 10.2 Å². The van der Waals surface area contributed by atoms with Gasteiger partial charge in [-0.2, -0.15) is 0 Å². The summed E-state index contributed by atoms with van der Waals surface area (Å²) in [5.41, 5.74) is 2.62. The summed E-state index contributed by atoms with van der Waals surface area (Å²) >= 11 is 3.69. The summed E-state index contributed by atoms with van der Waals surface area (Å²) < 4.78 is 1.21. The van der Waals surface area contributed by atoms with Gasteiger partial charge in [0, 0.05) is 23.1 Å². The van der Waals surface area contributed by atoms with Gasteiger partial charge in [-0.15, -0.1) is 0 Å². The molecule has 3 heteroatoms. The van der Waals surface area contributed by atoms with E-state index < -0.39 is 0 Å². The van der Waals surface area contributed by atoms with Gasteiger partial charge in [0.05, 0.1) is 5.69 Å². The number of aryl methyl sites for hydroxylation is 1. The number of nitrogens with one attached hydrogen (secondary N) is 1. The Morgan fingerprint density at radius 1 is 1.35 bits per heavy atom. The number of anilines is 1. The molecule has 1 aliphatic heterocycles. The zero-order chi connectivity index (χ0) is 12.4. The highest BCUT2D eigenvalue weighted by molar-refractivity contribution is 9.10. The molecular weight excluding hydrogens is 276 g/mol. The van der Waals surface area contributed by atoms with Crippen molar-refractivity contribution in [1.82, 2.24) is 5.32 Å². The fraction of sp³-hybridized carbons (Fsp3) is 0.571. The third-order valence-corrected chi connectivity index (χ3v) is 4.11. The van der Waals surface area contributed by atoms with Crippen molar-refractivity contribution in [3.05, 3.63) is 28.2 Å². The summed E-state index contributed by atoms with van der Waals surface area (Å²) in [6, 6.07) is 7.76. The van der Waals surface area contributed by atoms with Crippen LogP contribution in [-0.2, 0) is 0 Å². The van der Waals surface area contributed by atoms with Crippen molar-refractivity contribution in [1.29, 1.82) is 0 Å². The molecule has 1 saturated heterocycles. The van der Waals surface area contributed by atoms with E-state index in [2.05, 4.69) is 65.1 Å². The van der Waals surface area contributed by atoms with E-state index in [1.54, 1.807) is 0 Å². The second-order valence-corrected chi connectivity index (χ2v) is 5.95. The Kier molecular flexibility index (Phi) is 4.10. The quantitative estimate of drug-likeness (QED) is 0.855. The molecular formula is C14H21BrN2. The van der Waals surface area contributed by atoms with Crippen LogP contribution in [0.25, 0.3) is 0 Å². The molecule has 2 unspecified atom stereocenters. The first kappa shape index (κ1) is 12.9. The van der Waals surface area contributed by atoms with E-state index in [0.717, 1.165) is 13.1 Å². The van der Waals surface area contributed by atoms with E-state index in [-0.39, 0.29) is 0 Å². The lowest BCUT2D eigenvalue weighted by atomic mass is 10.1. The Labute approximate surface area is 113 Å². The van der Waals surface area contributed by atoms with E-state index in [1.165, 1.54) is 22.1 Å². The number of rotatable bonds is 1. The average Bonchev–Trinajstić information content (AvgIpc) is 2.41. The van der Waals surface area contributed by atoms with Gasteiger partial charge in [0.15, 0.2) is 0 Å². The molecule has 1 fully saturated rings. The highest BCUT2D eigenvalue weighted by Gasteiger charge is 2.22. The monoisotopic (exact) mass is 296 g/mol. The van der Waals surface area contributed by atoms with E-state index in [9.17, 15) is 0 Å². The minimum absolute atomic E-state index is 0.549.